The Bertz CT molecular complexity index is 370. The molecule has 0 unspecified atom stereocenters. The minimum Gasteiger partial charge on any atom is -0.490 e. The van der Waals surface area contributed by atoms with Gasteiger partial charge < -0.3 is 14.9 Å². The minimum atomic E-state index is -0.662. The summed E-state index contributed by atoms with van der Waals surface area (Å²) in [6.07, 6.45) is 5.62. The summed E-state index contributed by atoms with van der Waals surface area (Å²) in [6, 6.07) is 7.71. The standard InChI is InChI=1S/C15H22O3/c16-11-8-13-6-2-3-7-14(13)18-12-15(17)9-4-1-5-10-15/h2-3,6-7,16-17H,1,4-5,8-12H2. The molecule has 3 heteroatoms. The van der Waals surface area contributed by atoms with E-state index in [4.69, 9.17) is 9.84 Å². The van der Waals surface area contributed by atoms with Crippen molar-refractivity contribution >= 4 is 0 Å². The van der Waals surface area contributed by atoms with Gasteiger partial charge in [-0.1, -0.05) is 37.5 Å². The van der Waals surface area contributed by atoms with E-state index in [2.05, 4.69) is 0 Å². The van der Waals surface area contributed by atoms with Crippen LogP contribution in [0.25, 0.3) is 0 Å². The normalized spacial score (nSPS) is 18.6. The van der Waals surface area contributed by atoms with Crippen LogP contribution in [0.2, 0.25) is 0 Å². The van der Waals surface area contributed by atoms with Gasteiger partial charge in [0.25, 0.3) is 0 Å². The molecular formula is C15H22O3. The number of hydrogen-bond acceptors (Lipinski definition) is 3. The third kappa shape index (κ3) is 3.47. The topological polar surface area (TPSA) is 49.7 Å². The van der Waals surface area contributed by atoms with E-state index >= 15 is 0 Å². The molecule has 100 valence electrons. The lowest BCUT2D eigenvalue weighted by atomic mass is 9.85. The van der Waals surface area contributed by atoms with Crippen LogP contribution in [0.3, 0.4) is 0 Å². The van der Waals surface area contributed by atoms with Gasteiger partial charge in [0.1, 0.15) is 12.4 Å². The Morgan fingerprint density at radius 3 is 2.56 bits per heavy atom. The van der Waals surface area contributed by atoms with Gasteiger partial charge in [0.2, 0.25) is 0 Å². The molecule has 0 heterocycles. The molecular weight excluding hydrogens is 228 g/mol. The van der Waals surface area contributed by atoms with Crippen molar-refractivity contribution in [1.82, 2.24) is 0 Å². The first-order chi connectivity index (χ1) is 8.73. The quantitative estimate of drug-likeness (QED) is 0.843. The molecule has 0 bridgehead atoms. The van der Waals surface area contributed by atoms with Gasteiger partial charge in [0.15, 0.2) is 0 Å². The Kier molecular flexibility index (Phi) is 4.61. The van der Waals surface area contributed by atoms with Crippen LogP contribution in [-0.2, 0) is 6.42 Å². The molecule has 1 aromatic carbocycles. The van der Waals surface area contributed by atoms with Crippen LogP contribution in [0, 0.1) is 0 Å². The molecule has 2 rings (SSSR count). The molecule has 0 aliphatic heterocycles. The fourth-order valence-electron chi connectivity index (χ4n) is 2.54. The largest absolute Gasteiger partial charge is 0.490 e. The molecule has 0 aromatic heterocycles. The SMILES string of the molecule is OCCc1ccccc1OCC1(O)CCCCC1. The summed E-state index contributed by atoms with van der Waals surface area (Å²) in [5.74, 6) is 0.783. The molecule has 1 saturated carbocycles. The van der Waals surface area contributed by atoms with Gasteiger partial charge in [-0.15, -0.1) is 0 Å². The van der Waals surface area contributed by atoms with Gasteiger partial charge in [0.05, 0.1) is 5.60 Å². The number of para-hydroxylation sites is 1. The van der Waals surface area contributed by atoms with E-state index in [-0.39, 0.29) is 6.61 Å². The highest BCUT2D eigenvalue weighted by molar-refractivity contribution is 5.33. The second-order valence-corrected chi connectivity index (χ2v) is 5.16. The van der Waals surface area contributed by atoms with E-state index in [1.807, 2.05) is 24.3 Å². The van der Waals surface area contributed by atoms with Gasteiger partial charge in [-0.25, -0.2) is 0 Å². The maximum Gasteiger partial charge on any atom is 0.122 e. The van der Waals surface area contributed by atoms with Crippen LogP contribution in [0.5, 0.6) is 5.75 Å². The lowest BCUT2D eigenvalue weighted by Crippen LogP contribution is -2.38. The highest BCUT2D eigenvalue weighted by Crippen LogP contribution is 2.29. The molecule has 3 nitrogen and oxygen atoms in total. The summed E-state index contributed by atoms with van der Waals surface area (Å²) >= 11 is 0. The van der Waals surface area contributed by atoms with Gasteiger partial charge in [-0.2, -0.15) is 0 Å². The van der Waals surface area contributed by atoms with E-state index in [0.717, 1.165) is 37.0 Å². The molecule has 2 N–H and O–H groups in total. The third-order valence-electron chi connectivity index (χ3n) is 3.63. The van der Waals surface area contributed by atoms with Crippen LogP contribution in [0.4, 0.5) is 0 Å². The Morgan fingerprint density at radius 2 is 1.83 bits per heavy atom. The zero-order valence-corrected chi connectivity index (χ0v) is 10.8. The second-order valence-electron chi connectivity index (χ2n) is 5.16. The fraction of sp³-hybridized carbons (Fsp3) is 0.600. The maximum absolute atomic E-state index is 10.4. The van der Waals surface area contributed by atoms with Gasteiger partial charge in [-0.05, 0) is 30.9 Å². The lowest BCUT2D eigenvalue weighted by Gasteiger charge is -2.32. The van der Waals surface area contributed by atoms with Crippen LogP contribution in [0.15, 0.2) is 24.3 Å². The first kappa shape index (κ1) is 13.4. The predicted octanol–water partition coefficient (Wildman–Crippen LogP) is 2.30. The van der Waals surface area contributed by atoms with Gasteiger partial charge in [0, 0.05) is 6.61 Å². The van der Waals surface area contributed by atoms with E-state index in [1.54, 1.807) is 0 Å². The fourth-order valence-corrected chi connectivity index (χ4v) is 2.54. The zero-order valence-electron chi connectivity index (χ0n) is 10.8. The van der Waals surface area contributed by atoms with Crippen molar-refractivity contribution < 1.29 is 14.9 Å². The molecule has 1 aromatic rings. The molecule has 1 fully saturated rings. The number of aliphatic hydroxyl groups is 2. The summed E-state index contributed by atoms with van der Waals surface area (Å²) in [6.45, 7) is 0.472. The number of rotatable bonds is 5. The summed E-state index contributed by atoms with van der Waals surface area (Å²) in [5, 5.41) is 19.4. The molecule has 18 heavy (non-hydrogen) atoms. The summed E-state index contributed by atoms with van der Waals surface area (Å²) < 4.78 is 5.77. The molecule has 0 amide bonds. The highest BCUT2D eigenvalue weighted by Gasteiger charge is 2.30. The van der Waals surface area contributed by atoms with Crippen LogP contribution in [0.1, 0.15) is 37.7 Å². The van der Waals surface area contributed by atoms with Crippen molar-refractivity contribution in [3.8, 4) is 5.75 Å². The molecule has 1 aliphatic carbocycles. The average molecular weight is 250 g/mol. The van der Waals surface area contributed by atoms with Crippen LogP contribution < -0.4 is 4.74 Å². The first-order valence-corrected chi connectivity index (χ1v) is 6.77. The third-order valence-corrected chi connectivity index (χ3v) is 3.63. The zero-order chi connectivity index (χ0) is 12.8. The van der Waals surface area contributed by atoms with Crippen molar-refractivity contribution in [2.75, 3.05) is 13.2 Å². The number of aliphatic hydroxyl groups excluding tert-OH is 1. The highest BCUT2D eigenvalue weighted by atomic mass is 16.5. The van der Waals surface area contributed by atoms with E-state index in [0.29, 0.717) is 13.0 Å². The van der Waals surface area contributed by atoms with E-state index < -0.39 is 5.60 Å². The molecule has 0 spiro atoms. The summed E-state index contributed by atoms with van der Waals surface area (Å²) in [7, 11) is 0. The van der Waals surface area contributed by atoms with Gasteiger partial charge in [-0.3, -0.25) is 0 Å². The van der Waals surface area contributed by atoms with Crippen LogP contribution >= 0.6 is 0 Å². The Morgan fingerprint density at radius 1 is 1.11 bits per heavy atom. The Hall–Kier alpha value is -1.06. The number of ether oxygens (including phenoxy) is 1. The minimum absolute atomic E-state index is 0.116. The van der Waals surface area contributed by atoms with Crippen LogP contribution in [-0.4, -0.2) is 29.0 Å². The molecule has 1 aliphatic rings. The van der Waals surface area contributed by atoms with Crippen molar-refractivity contribution in [3.05, 3.63) is 29.8 Å². The van der Waals surface area contributed by atoms with Crippen molar-refractivity contribution in [1.29, 1.82) is 0 Å². The summed E-state index contributed by atoms with van der Waals surface area (Å²) in [5.41, 5.74) is 0.337. The smallest absolute Gasteiger partial charge is 0.122 e. The Balaban J connectivity index is 1.96. The van der Waals surface area contributed by atoms with Gasteiger partial charge >= 0.3 is 0 Å². The van der Waals surface area contributed by atoms with Crippen molar-refractivity contribution in [2.24, 2.45) is 0 Å². The summed E-state index contributed by atoms with van der Waals surface area (Å²) in [4.78, 5) is 0. The van der Waals surface area contributed by atoms with Crippen molar-refractivity contribution in [2.45, 2.75) is 44.1 Å². The molecule has 0 radical (unpaired) electrons. The average Bonchev–Trinajstić information content (AvgIpc) is 2.39. The number of benzene rings is 1. The maximum atomic E-state index is 10.4. The predicted molar refractivity (Wildman–Crippen MR) is 70.8 cm³/mol. The van der Waals surface area contributed by atoms with E-state index in [1.165, 1.54) is 6.42 Å². The molecule has 0 atom stereocenters. The van der Waals surface area contributed by atoms with Crippen molar-refractivity contribution in [3.63, 3.8) is 0 Å². The first-order valence-electron chi connectivity index (χ1n) is 6.77. The Labute approximate surface area is 108 Å². The van der Waals surface area contributed by atoms with E-state index in [9.17, 15) is 5.11 Å². The number of hydrogen-bond donors (Lipinski definition) is 2. The lowest BCUT2D eigenvalue weighted by molar-refractivity contribution is -0.0341. The monoisotopic (exact) mass is 250 g/mol. The second kappa shape index (κ2) is 6.21. The molecule has 0 saturated heterocycles.